The summed E-state index contributed by atoms with van der Waals surface area (Å²) in [6.07, 6.45) is 0. The van der Waals surface area contributed by atoms with Crippen molar-refractivity contribution in [1.29, 1.82) is 0 Å². The number of H-pyrrole nitrogens is 1. The highest BCUT2D eigenvalue weighted by Crippen LogP contribution is 2.29. The molecular formula is C22H20FN5O4. The number of anilines is 1. The van der Waals surface area contributed by atoms with Crippen LogP contribution in [0.2, 0.25) is 0 Å². The number of benzene rings is 2. The van der Waals surface area contributed by atoms with Gasteiger partial charge in [0.15, 0.2) is 11.5 Å². The average molecular weight is 437 g/mol. The molecule has 32 heavy (non-hydrogen) atoms. The van der Waals surface area contributed by atoms with Crippen LogP contribution in [-0.4, -0.2) is 39.7 Å². The van der Waals surface area contributed by atoms with Crippen LogP contribution in [0.4, 0.5) is 10.1 Å². The first-order valence-corrected chi connectivity index (χ1v) is 9.64. The molecule has 2 aromatic heterocycles. The summed E-state index contributed by atoms with van der Waals surface area (Å²) >= 11 is 0. The summed E-state index contributed by atoms with van der Waals surface area (Å²) in [5, 5.41) is 2.87. The van der Waals surface area contributed by atoms with E-state index in [0.29, 0.717) is 34.3 Å². The van der Waals surface area contributed by atoms with Gasteiger partial charge in [0.05, 0.1) is 20.8 Å². The van der Waals surface area contributed by atoms with Gasteiger partial charge in [-0.1, -0.05) is 0 Å². The highest BCUT2D eigenvalue weighted by Gasteiger charge is 2.22. The number of nitrogens with one attached hydrogen (secondary N) is 1. The fourth-order valence-corrected chi connectivity index (χ4v) is 3.28. The number of carbonyl (C=O) groups excluding carboxylic acids is 1. The number of nitrogens with zero attached hydrogens (tertiary/aromatic N) is 4. The smallest absolute Gasteiger partial charge is 0.274 e. The molecule has 0 unspecified atom stereocenters. The predicted octanol–water partition coefficient (Wildman–Crippen LogP) is 2.73. The number of aromatic amines is 1. The van der Waals surface area contributed by atoms with E-state index in [-0.39, 0.29) is 23.8 Å². The highest BCUT2D eigenvalue weighted by molar-refractivity contribution is 6.06. The van der Waals surface area contributed by atoms with Gasteiger partial charge in [0.2, 0.25) is 0 Å². The van der Waals surface area contributed by atoms with Crippen LogP contribution < -0.4 is 19.9 Å². The van der Waals surface area contributed by atoms with Gasteiger partial charge in [-0.05, 0) is 49.4 Å². The monoisotopic (exact) mass is 437 g/mol. The molecule has 0 saturated carbocycles. The lowest BCUT2D eigenvalue weighted by Crippen LogP contribution is -2.31. The van der Waals surface area contributed by atoms with E-state index in [1.165, 1.54) is 54.0 Å². The number of carbonyl (C=O) groups is 1. The molecule has 0 atom stereocenters. The Bertz CT molecular complexity index is 1350. The molecule has 4 rings (SSSR count). The number of aromatic nitrogens is 4. The van der Waals surface area contributed by atoms with Crippen LogP contribution in [-0.2, 0) is 6.54 Å². The summed E-state index contributed by atoms with van der Waals surface area (Å²) in [4.78, 5) is 35.6. The number of rotatable bonds is 6. The van der Waals surface area contributed by atoms with E-state index < -0.39 is 5.82 Å². The third-order valence-corrected chi connectivity index (χ3v) is 4.83. The number of methoxy groups -OCH3 is 2. The van der Waals surface area contributed by atoms with Crippen molar-refractivity contribution in [2.24, 2.45) is 0 Å². The zero-order valence-electron chi connectivity index (χ0n) is 17.6. The number of aryl methyl sites for hydroxylation is 1. The van der Waals surface area contributed by atoms with E-state index in [0.717, 1.165) is 0 Å². The van der Waals surface area contributed by atoms with E-state index in [2.05, 4.69) is 15.1 Å². The Labute approximate surface area is 182 Å². The van der Waals surface area contributed by atoms with Crippen molar-refractivity contribution in [2.75, 3.05) is 19.1 Å². The molecule has 0 aliphatic carbocycles. The fraction of sp³-hybridized carbons (Fsp3) is 0.182. The highest BCUT2D eigenvalue weighted by atomic mass is 19.1. The number of ether oxygens (including phenoxy) is 2. The maximum atomic E-state index is 13.5. The molecule has 2 heterocycles. The number of halogens is 1. The molecule has 0 aliphatic heterocycles. The molecule has 4 aromatic rings. The van der Waals surface area contributed by atoms with Crippen LogP contribution in [0.3, 0.4) is 0 Å². The van der Waals surface area contributed by atoms with Gasteiger partial charge >= 0.3 is 0 Å². The number of hydrogen-bond donors (Lipinski definition) is 1. The quantitative estimate of drug-likeness (QED) is 0.498. The van der Waals surface area contributed by atoms with E-state index in [4.69, 9.17) is 9.47 Å². The molecule has 9 nitrogen and oxygen atoms in total. The first kappa shape index (κ1) is 21.0. The zero-order chi connectivity index (χ0) is 22.8. The van der Waals surface area contributed by atoms with Crippen molar-refractivity contribution in [3.8, 4) is 11.5 Å². The topological polar surface area (TPSA) is 102 Å². The van der Waals surface area contributed by atoms with E-state index >= 15 is 0 Å². The van der Waals surface area contributed by atoms with Crippen LogP contribution in [0, 0.1) is 12.7 Å². The molecule has 0 radical (unpaired) electrons. The maximum Gasteiger partial charge on any atom is 0.274 e. The van der Waals surface area contributed by atoms with Gasteiger partial charge < -0.3 is 14.4 Å². The summed E-state index contributed by atoms with van der Waals surface area (Å²) in [7, 11) is 2.98. The number of hydrogen-bond acceptors (Lipinski definition) is 6. The van der Waals surface area contributed by atoms with Crippen molar-refractivity contribution in [3.05, 3.63) is 81.8 Å². The summed E-state index contributed by atoms with van der Waals surface area (Å²) in [5.41, 5.74) is 0.994. The molecule has 10 heteroatoms. The minimum Gasteiger partial charge on any atom is -0.493 e. The molecule has 0 aliphatic rings. The van der Waals surface area contributed by atoms with Crippen molar-refractivity contribution in [3.63, 3.8) is 0 Å². The van der Waals surface area contributed by atoms with Gasteiger partial charge in [0, 0.05) is 23.0 Å². The minimum absolute atomic E-state index is 0.0132. The summed E-state index contributed by atoms with van der Waals surface area (Å²) < 4.78 is 25.2. The summed E-state index contributed by atoms with van der Waals surface area (Å²) in [6, 6.07) is 11.7. The minimum atomic E-state index is -0.428. The fourth-order valence-electron chi connectivity index (χ4n) is 3.28. The molecule has 2 aromatic carbocycles. The van der Waals surface area contributed by atoms with E-state index in [1.807, 2.05) is 0 Å². The lowest BCUT2D eigenvalue weighted by atomic mass is 10.1. The van der Waals surface area contributed by atoms with E-state index in [1.54, 1.807) is 25.1 Å². The standard InChI is InChI=1S/C22H20FN5O4/c1-13-10-20(29)28-22(24-13)25-19(26-28)12-27(16-7-5-15(23)6-8-16)21(30)14-4-9-17(31-2)18(11-14)32-3/h4-11H,12H2,1-3H3,(H,24,25,26). The van der Waals surface area contributed by atoms with Crippen molar-refractivity contribution in [2.45, 2.75) is 13.5 Å². The molecule has 0 bridgehead atoms. The maximum absolute atomic E-state index is 13.5. The van der Waals surface area contributed by atoms with Gasteiger partial charge in [0.25, 0.3) is 17.2 Å². The molecule has 0 fully saturated rings. The van der Waals surface area contributed by atoms with Gasteiger partial charge in [-0.2, -0.15) is 9.50 Å². The zero-order valence-corrected chi connectivity index (χ0v) is 17.6. The lowest BCUT2D eigenvalue weighted by molar-refractivity contribution is 0.0984. The van der Waals surface area contributed by atoms with Gasteiger partial charge in [-0.15, -0.1) is 0 Å². The third kappa shape index (κ3) is 4.02. The molecule has 0 spiro atoms. The van der Waals surface area contributed by atoms with Crippen LogP contribution in [0.5, 0.6) is 11.5 Å². The SMILES string of the molecule is COc1ccc(C(=O)N(Cc2nc3nc(C)cc(=O)n3[nH]2)c2ccc(F)cc2)cc1OC. The largest absolute Gasteiger partial charge is 0.493 e. The predicted molar refractivity (Wildman–Crippen MR) is 115 cm³/mol. The molecule has 164 valence electrons. The molecule has 1 amide bonds. The van der Waals surface area contributed by atoms with Crippen LogP contribution in [0.15, 0.2) is 53.3 Å². The third-order valence-electron chi connectivity index (χ3n) is 4.83. The van der Waals surface area contributed by atoms with E-state index in [9.17, 15) is 14.0 Å². The summed E-state index contributed by atoms with van der Waals surface area (Å²) in [5.74, 6) is 0.598. The van der Waals surface area contributed by atoms with Crippen LogP contribution in [0.1, 0.15) is 21.9 Å². The average Bonchev–Trinajstić information content (AvgIpc) is 3.20. The van der Waals surface area contributed by atoms with Gasteiger partial charge in [0.1, 0.15) is 11.6 Å². The Morgan fingerprint density at radius 1 is 1.06 bits per heavy atom. The molecule has 0 saturated heterocycles. The normalized spacial score (nSPS) is 10.9. The first-order chi connectivity index (χ1) is 15.4. The van der Waals surface area contributed by atoms with Crippen molar-refractivity contribution < 1.29 is 18.7 Å². The second kappa shape index (κ2) is 8.50. The molecule has 1 N–H and O–H groups in total. The number of amides is 1. The Balaban J connectivity index is 1.76. The van der Waals surface area contributed by atoms with Crippen molar-refractivity contribution >= 4 is 17.4 Å². The van der Waals surface area contributed by atoms with Crippen LogP contribution >= 0.6 is 0 Å². The summed E-state index contributed by atoms with van der Waals surface area (Å²) in [6.45, 7) is 1.68. The Kier molecular flexibility index (Phi) is 5.59. The second-order valence-electron chi connectivity index (χ2n) is 6.98. The van der Waals surface area contributed by atoms with Crippen LogP contribution in [0.25, 0.3) is 5.78 Å². The number of fused-ring (bicyclic) bond motifs is 1. The first-order valence-electron chi connectivity index (χ1n) is 9.64. The van der Waals surface area contributed by atoms with Crippen molar-refractivity contribution in [1.82, 2.24) is 19.6 Å². The van der Waals surface area contributed by atoms with Gasteiger partial charge in [-0.3, -0.25) is 14.7 Å². The van der Waals surface area contributed by atoms with Gasteiger partial charge in [-0.25, -0.2) is 9.37 Å². The molecular weight excluding hydrogens is 417 g/mol. The Morgan fingerprint density at radius 3 is 2.47 bits per heavy atom. The Morgan fingerprint density at radius 2 is 1.78 bits per heavy atom. The lowest BCUT2D eigenvalue weighted by Gasteiger charge is -2.22. The second-order valence-corrected chi connectivity index (χ2v) is 6.98. The Hall–Kier alpha value is -4.21.